The van der Waals surface area contributed by atoms with Crippen molar-refractivity contribution in [2.75, 3.05) is 13.7 Å². The summed E-state index contributed by atoms with van der Waals surface area (Å²) in [6, 6.07) is 6.65. The van der Waals surface area contributed by atoms with Gasteiger partial charge in [-0.3, -0.25) is 4.79 Å². The Hall–Kier alpha value is -1.73. The molecule has 2 fully saturated rings. The SMILES string of the molecule is COc1ccc(COC(=O)[C@@H]2N3C(=O)[C@@H](CO)[C@H]3SC2(C)C)cc1. The molecule has 3 rings (SSSR count). The van der Waals surface area contributed by atoms with Crippen LogP contribution >= 0.6 is 11.8 Å². The van der Waals surface area contributed by atoms with Crippen molar-refractivity contribution in [3.63, 3.8) is 0 Å². The Morgan fingerprint density at radius 3 is 2.58 bits per heavy atom. The minimum Gasteiger partial charge on any atom is -0.497 e. The molecule has 3 atom stereocenters. The lowest BCUT2D eigenvalue weighted by molar-refractivity contribution is -0.168. The van der Waals surface area contributed by atoms with Gasteiger partial charge in [0.15, 0.2) is 0 Å². The summed E-state index contributed by atoms with van der Waals surface area (Å²) in [5.74, 6) is -0.251. The van der Waals surface area contributed by atoms with Crippen LogP contribution in [-0.2, 0) is 20.9 Å². The van der Waals surface area contributed by atoms with Gasteiger partial charge in [0, 0.05) is 4.75 Å². The van der Waals surface area contributed by atoms with Crippen molar-refractivity contribution in [3.05, 3.63) is 29.8 Å². The summed E-state index contributed by atoms with van der Waals surface area (Å²) in [6.07, 6.45) is 0. The molecule has 0 spiro atoms. The summed E-state index contributed by atoms with van der Waals surface area (Å²) in [4.78, 5) is 26.3. The number of fused-ring (bicyclic) bond motifs is 1. The van der Waals surface area contributed by atoms with E-state index in [-0.39, 0.29) is 24.5 Å². The molecule has 0 unspecified atom stereocenters. The monoisotopic (exact) mass is 351 g/mol. The number of rotatable bonds is 5. The average molecular weight is 351 g/mol. The van der Waals surface area contributed by atoms with Crippen molar-refractivity contribution in [3.8, 4) is 5.75 Å². The molecule has 2 aliphatic rings. The number of nitrogens with zero attached hydrogens (tertiary/aromatic N) is 1. The number of benzene rings is 1. The standard InChI is InChI=1S/C17H21NO5S/c1-17(2)13(18-14(20)12(8-19)15(18)24-17)16(21)23-9-10-4-6-11(22-3)7-5-10/h4-7,12-13,15,19H,8-9H2,1-3H3/t12-,13+,15-/m1/s1. The van der Waals surface area contributed by atoms with Gasteiger partial charge in [0.05, 0.1) is 25.0 Å². The van der Waals surface area contributed by atoms with E-state index < -0.39 is 22.7 Å². The summed E-state index contributed by atoms with van der Waals surface area (Å²) in [7, 11) is 1.59. The van der Waals surface area contributed by atoms with Crippen LogP contribution < -0.4 is 4.74 Å². The predicted molar refractivity (Wildman–Crippen MR) is 89.5 cm³/mol. The first kappa shape index (κ1) is 17.1. The second-order valence-corrected chi connectivity index (χ2v) is 8.28. The van der Waals surface area contributed by atoms with Crippen molar-refractivity contribution < 1.29 is 24.2 Å². The molecule has 6 nitrogen and oxygen atoms in total. The number of ether oxygens (including phenoxy) is 2. The molecule has 0 aliphatic carbocycles. The predicted octanol–water partition coefficient (Wildman–Crippen LogP) is 1.41. The van der Waals surface area contributed by atoms with E-state index in [1.165, 1.54) is 0 Å². The van der Waals surface area contributed by atoms with Gasteiger partial charge in [-0.1, -0.05) is 12.1 Å². The van der Waals surface area contributed by atoms with E-state index >= 15 is 0 Å². The highest BCUT2D eigenvalue weighted by molar-refractivity contribution is 8.01. The number of β-lactam (4-membered cyclic amide) rings is 1. The van der Waals surface area contributed by atoms with Gasteiger partial charge in [0.1, 0.15) is 18.4 Å². The van der Waals surface area contributed by atoms with Crippen molar-refractivity contribution in [1.82, 2.24) is 4.90 Å². The molecule has 1 amide bonds. The Balaban J connectivity index is 1.66. The van der Waals surface area contributed by atoms with Crippen LogP contribution in [0.25, 0.3) is 0 Å². The van der Waals surface area contributed by atoms with Crippen LogP contribution in [0.15, 0.2) is 24.3 Å². The zero-order chi connectivity index (χ0) is 17.5. The Morgan fingerprint density at radius 2 is 2.00 bits per heavy atom. The average Bonchev–Trinajstić information content (AvgIpc) is 2.81. The lowest BCUT2D eigenvalue weighted by atomic mass is 9.92. The van der Waals surface area contributed by atoms with Gasteiger partial charge in [-0.25, -0.2) is 4.79 Å². The largest absolute Gasteiger partial charge is 0.497 e. The summed E-state index contributed by atoms with van der Waals surface area (Å²) in [5, 5.41) is 9.16. The highest BCUT2D eigenvalue weighted by Crippen LogP contribution is 2.53. The number of hydrogen-bond donors (Lipinski definition) is 1. The highest BCUT2D eigenvalue weighted by Gasteiger charge is 2.63. The number of carbonyl (C=O) groups is 2. The second kappa shape index (κ2) is 6.29. The van der Waals surface area contributed by atoms with E-state index in [1.807, 2.05) is 26.0 Å². The molecule has 1 aromatic carbocycles. The lowest BCUT2D eigenvalue weighted by Crippen LogP contribution is -2.63. The number of aliphatic hydroxyl groups excluding tert-OH is 1. The number of esters is 1. The Bertz CT molecular complexity index is 645. The summed E-state index contributed by atoms with van der Waals surface area (Å²) in [6.45, 7) is 3.82. The van der Waals surface area contributed by atoms with Crippen molar-refractivity contribution in [2.24, 2.45) is 5.92 Å². The molecule has 1 N–H and O–H groups in total. The number of amides is 1. The lowest BCUT2D eigenvalue weighted by Gasteiger charge is -2.43. The van der Waals surface area contributed by atoms with E-state index in [0.29, 0.717) is 0 Å². The van der Waals surface area contributed by atoms with E-state index in [2.05, 4.69) is 0 Å². The first-order chi connectivity index (χ1) is 11.4. The minimum atomic E-state index is -0.624. The zero-order valence-electron chi connectivity index (χ0n) is 13.9. The third kappa shape index (κ3) is 2.75. The number of hydrogen-bond acceptors (Lipinski definition) is 6. The van der Waals surface area contributed by atoms with Gasteiger partial charge in [-0.05, 0) is 31.5 Å². The molecule has 0 saturated carbocycles. The molecule has 130 valence electrons. The fourth-order valence-electron chi connectivity index (χ4n) is 3.20. The van der Waals surface area contributed by atoms with E-state index in [0.717, 1.165) is 11.3 Å². The molecular formula is C17H21NO5S. The molecule has 1 aromatic rings. The van der Waals surface area contributed by atoms with Gasteiger partial charge in [-0.2, -0.15) is 0 Å². The third-order valence-corrected chi connectivity index (χ3v) is 6.14. The van der Waals surface area contributed by atoms with Crippen LogP contribution in [0.1, 0.15) is 19.4 Å². The second-order valence-electron chi connectivity index (χ2n) is 6.50. The van der Waals surface area contributed by atoms with Gasteiger partial charge >= 0.3 is 5.97 Å². The maximum Gasteiger partial charge on any atom is 0.330 e. The van der Waals surface area contributed by atoms with Crippen LogP contribution in [0.4, 0.5) is 0 Å². The number of carbonyl (C=O) groups excluding carboxylic acids is 2. The van der Waals surface area contributed by atoms with Crippen LogP contribution in [0.5, 0.6) is 5.75 Å². The van der Waals surface area contributed by atoms with Crippen molar-refractivity contribution in [2.45, 2.75) is 36.6 Å². The molecule has 2 aliphatic heterocycles. The molecular weight excluding hydrogens is 330 g/mol. The molecule has 2 saturated heterocycles. The van der Waals surface area contributed by atoms with Gasteiger partial charge in [0.25, 0.3) is 0 Å². The number of thioether (sulfide) groups is 1. The quantitative estimate of drug-likeness (QED) is 0.639. The Kier molecular flexibility index (Phi) is 4.48. The van der Waals surface area contributed by atoms with Crippen LogP contribution in [0.2, 0.25) is 0 Å². The Morgan fingerprint density at radius 1 is 1.33 bits per heavy atom. The fraction of sp³-hybridized carbons (Fsp3) is 0.529. The van der Waals surface area contributed by atoms with Gasteiger partial charge in [-0.15, -0.1) is 11.8 Å². The minimum absolute atomic E-state index is 0.143. The maximum atomic E-state index is 12.6. The third-order valence-electron chi connectivity index (χ3n) is 4.51. The smallest absolute Gasteiger partial charge is 0.330 e. The van der Waals surface area contributed by atoms with E-state index in [4.69, 9.17) is 9.47 Å². The van der Waals surface area contributed by atoms with E-state index in [9.17, 15) is 14.7 Å². The van der Waals surface area contributed by atoms with E-state index in [1.54, 1.807) is 35.9 Å². The first-order valence-corrected chi connectivity index (χ1v) is 8.67. The maximum absolute atomic E-state index is 12.6. The van der Waals surface area contributed by atoms with Crippen LogP contribution in [0.3, 0.4) is 0 Å². The highest BCUT2D eigenvalue weighted by atomic mass is 32.2. The summed E-state index contributed by atoms with van der Waals surface area (Å²) >= 11 is 1.54. The molecule has 2 heterocycles. The molecule has 7 heteroatoms. The normalized spacial score (nSPS) is 27.4. The zero-order valence-corrected chi connectivity index (χ0v) is 14.7. The molecule has 24 heavy (non-hydrogen) atoms. The van der Waals surface area contributed by atoms with Gasteiger partial charge in [0.2, 0.25) is 5.91 Å². The summed E-state index contributed by atoms with van der Waals surface area (Å²) < 4.78 is 10.1. The number of aliphatic hydroxyl groups is 1. The first-order valence-electron chi connectivity index (χ1n) is 7.79. The number of methoxy groups -OCH3 is 1. The Labute approximate surface area is 145 Å². The van der Waals surface area contributed by atoms with Crippen molar-refractivity contribution >= 4 is 23.6 Å². The van der Waals surface area contributed by atoms with Crippen LogP contribution in [-0.4, -0.2) is 51.8 Å². The molecule has 0 radical (unpaired) electrons. The summed E-state index contributed by atoms with van der Waals surface area (Å²) in [5.41, 5.74) is 0.854. The van der Waals surface area contributed by atoms with Crippen LogP contribution in [0, 0.1) is 5.92 Å². The van der Waals surface area contributed by atoms with Gasteiger partial charge < -0.3 is 19.5 Å². The molecule has 0 aromatic heterocycles. The van der Waals surface area contributed by atoms with Crippen molar-refractivity contribution in [1.29, 1.82) is 0 Å². The fourth-order valence-corrected chi connectivity index (χ4v) is 4.86. The topological polar surface area (TPSA) is 76.1 Å². The molecule has 0 bridgehead atoms.